The summed E-state index contributed by atoms with van der Waals surface area (Å²) in [5.41, 5.74) is 7.85. The van der Waals surface area contributed by atoms with Gasteiger partial charge in [0.15, 0.2) is 5.96 Å². The molecule has 0 heterocycles. The smallest absolute Gasteiger partial charge is 0.407 e. The van der Waals surface area contributed by atoms with Gasteiger partial charge >= 0.3 is 6.09 Å². The Labute approximate surface area is 234 Å². The average molecular weight is 554 g/mol. The highest BCUT2D eigenvalue weighted by Gasteiger charge is 2.21. The van der Waals surface area contributed by atoms with Gasteiger partial charge in [0.2, 0.25) is 17.7 Å². The SMILES string of the molecule is CC(C)Cc1ccc(NC(=O)C(CCCNC(=N)N)NC(=O)CNC(=O)CNC(=O)OCc2ccccc2)cc1. The van der Waals surface area contributed by atoms with Crippen molar-refractivity contribution in [1.29, 1.82) is 5.41 Å². The first kappa shape index (κ1) is 31.6. The molecule has 0 saturated heterocycles. The summed E-state index contributed by atoms with van der Waals surface area (Å²) in [6.07, 6.45) is 0.877. The van der Waals surface area contributed by atoms with Gasteiger partial charge in [-0.3, -0.25) is 19.8 Å². The van der Waals surface area contributed by atoms with Gasteiger partial charge in [-0.15, -0.1) is 0 Å². The molecule has 0 aliphatic heterocycles. The fourth-order valence-electron chi connectivity index (χ4n) is 3.64. The number of amides is 4. The predicted octanol–water partition coefficient (Wildman–Crippen LogP) is 1.61. The maximum Gasteiger partial charge on any atom is 0.407 e. The summed E-state index contributed by atoms with van der Waals surface area (Å²) in [4.78, 5) is 49.3. The molecule has 12 nitrogen and oxygen atoms in total. The van der Waals surface area contributed by atoms with Crippen LogP contribution in [0, 0.1) is 11.3 Å². The Bertz CT molecular complexity index is 1120. The summed E-state index contributed by atoms with van der Waals surface area (Å²) in [6.45, 7) is 3.90. The van der Waals surface area contributed by atoms with Gasteiger partial charge in [0.25, 0.3) is 0 Å². The average Bonchev–Trinajstić information content (AvgIpc) is 2.92. The van der Waals surface area contributed by atoms with Crippen LogP contribution < -0.4 is 32.3 Å². The van der Waals surface area contributed by atoms with Crippen LogP contribution in [-0.4, -0.2) is 55.5 Å². The molecule has 2 aromatic rings. The van der Waals surface area contributed by atoms with Crippen LogP contribution in [0.25, 0.3) is 0 Å². The second-order valence-corrected chi connectivity index (χ2v) is 9.58. The van der Waals surface area contributed by atoms with E-state index in [1.807, 2.05) is 42.5 Å². The van der Waals surface area contributed by atoms with E-state index in [1.54, 1.807) is 12.1 Å². The molecule has 0 fully saturated rings. The molecule has 2 rings (SSSR count). The Kier molecular flexibility index (Phi) is 13.5. The Morgan fingerprint density at radius 3 is 2.20 bits per heavy atom. The van der Waals surface area contributed by atoms with E-state index in [2.05, 4.69) is 40.4 Å². The second-order valence-electron chi connectivity index (χ2n) is 9.58. The van der Waals surface area contributed by atoms with Gasteiger partial charge in [0.05, 0.1) is 6.54 Å². The van der Waals surface area contributed by atoms with Crippen molar-refractivity contribution in [2.45, 2.75) is 45.8 Å². The third-order valence-electron chi connectivity index (χ3n) is 5.55. The number of carbonyl (C=O) groups excluding carboxylic acids is 4. The van der Waals surface area contributed by atoms with E-state index in [4.69, 9.17) is 15.9 Å². The first-order valence-electron chi connectivity index (χ1n) is 13.1. The van der Waals surface area contributed by atoms with Gasteiger partial charge < -0.3 is 37.1 Å². The van der Waals surface area contributed by atoms with Crippen molar-refractivity contribution >= 4 is 35.5 Å². The third-order valence-corrected chi connectivity index (χ3v) is 5.55. The van der Waals surface area contributed by atoms with Crippen LogP contribution in [0.4, 0.5) is 10.5 Å². The van der Waals surface area contributed by atoms with E-state index in [-0.39, 0.29) is 32.1 Å². The predicted molar refractivity (Wildman–Crippen MR) is 152 cm³/mol. The Hall–Kier alpha value is -4.61. The molecule has 0 bridgehead atoms. The molecule has 0 saturated carbocycles. The summed E-state index contributed by atoms with van der Waals surface area (Å²) < 4.78 is 5.04. The lowest BCUT2D eigenvalue weighted by Gasteiger charge is -2.19. The molecule has 4 amide bonds. The van der Waals surface area contributed by atoms with Crippen molar-refractivity contribution < 1.29 is 23.9 Å². The number of hydrogen-bond donors (Lipinski definition) is 7. The van der Waals surface area contributed by atoms with Crippen LogP contribution in [-0.2, 0) is 32.1 Å². The minimum Gasteiger partial charge on any atom is -0.445 e. The number of ether oxygens (including phenoxy) is 1. The third kappa shape index (κ3) is 13.3. The summed E-state index contributed by atoms with van der Waals surface area (Å²) >= 11 is 0. The number of carbonyl (C=O) groups is 4. The molecule has 2 aromatic carbocycles. The molecule has 1 unspecified atom stereocenters. The molecule has 0 aliphatic carbocycles. The number of nitrogens with one attached hydrogen (secondary N) is 6. The number of anilines is 1. The van der Waals surface area contributed by atoms with Crippen molar-refractivity contribution in [3.05, 3.63) is 65.7 Å². The highest BCUT2D eigenvalue weighted by Crippen LogP contribution is 2.14. The van der Waals surface area contributed by atoms with Crippen LogP contribution in [0.15, 0.2) is 54.6 Å². The van der Waals surface area contributed by atoms with Crippen molar-refractivity contribution in [1.82, 2.24) is 21.3 Å². The second kappa shape index (κ2) is 17.1. The van der Waals surface area contributed by atoms with Gasteiger partial charge in [0, 0.05) is 12.2 Å². The van der Waals surface area contributed by atoms with E-state index in [0.29, 0.717) is 24.6 Å². The Balaban J connectivity index is 1.81. The van der Waals surface area contributed by atoms with E-state index in [9.17, 15) is 19.2 Å². The fraction of sp³-hybridized carbons (Fsp3) is 0.393. The quantitative estimate of drug-likeness (QED) is 0.0991. The molecule has 0 radical (unpaired) electrons. The van der Waals surface area contributed by atoms with Crippen LogP contribution in [0.1, 0.15) is 37.8 Å². The van der Waals surface area contributed by atoms with E-state index >= 15 is 0 Å². The molecule has 0 aromatic heterocycles. The number of hydrogen-bond acceptors (Lipinski definition) is 6. The lowest BCUT2D eigenvalue weighted by molar-refractivity contribution is -0.128. The molecular weight excluding hydrogens is 514 g/mol. The van der Waals surface area contributed by atoms with Crippen LogP contribution in [0.2, 0.25) is 0 Å². The topological polar surface area (TPSA) is 188 Å². The number of alkyl carbamates (subject to hydrolysis) is 1. The molecule has 12 heteroatoms. The monoisotopic (exact) mass is 553 g/mol. The number of nitrogens with two attached hydrogens (primary N) is 1. The van der Waals surface area contributed by atoms with E-state index < -0.39 is 29.9 Å². The van der Waals surface area contributed by atoms with Crippen LogP contribution in [0.5, 0.6) is 0 Å². The molecule has 40 heavy (non-hydrogen) atoms. The first-order valence-corrected chi connectivity index (χ1v) is 13.1. The number of benzene rings is 2. The minimum absolute atomic E-state index is 0.0597. The molecule has 8 N–H and O–H groups in total. The number of rotatable bonds is 15. The zero-order valence-electron chi connectivity index (χ0n) is 22.9. The lowest BCUT2D eigenvalue weighted by Crippen LogP contribution is -2.48. The minimum atomic E-state index is -0.889. The van der Waals surface area contributed by atoms with Crippen molar-refractivity contribution in [3.8, 4) is 0 Å². The Morgan fingerprint density at radius 1 is 0.875 bits per heavy atom. The van der Waals surface area contributed by atoms with Crippen molar-refractivity contribution in [3.63, 3.8) is 0 Å². The highest BCUT2D eigenvalue weighted by atomic mass is 16.5. The molecular formula is C28H39N7O5. The maximum atomic E-state index is 13.0. The lowest BCUT2D eigenvalue weighted by atomic mass is 10.0. The van der Waals surface area contributed by atoms with Gasteiger partial charge in [-0.2, -0.15) is 0 Å². The number of guanidine groups is 1. The standard InChI is InChI=1S/C28H39N7O5/c1-19(2)15-20-10-12-22(13-11-20)34-26(38)23(9-6-14-31-27(29)30)35-25(37)17-32-24(36)16-33-28(39)40-18-21-7-4-3-5-8-21/h3-5,7-8,10-13,19,23H,6,9,14-18H2,1-2H3,(H,32,36)(H,33,39)(H,34,38)(H,35,37)(H4,29,30,31). The van der Waals surface area contributed by atoms with Gasteiger partial charge in [-0.05, 0) is 48.4 Å². The van der Waals surface area contributed by atoms with E-state index in [1.165, 1.54) is 0 Å². The normalized spacial score (nSPS) is 11.2. The summed E-state index contributed by atoms with van der Waals surface area (Å²) in [5, 5.41) is 20.1. The molecule has 0 aliphatic rings. The van der Waals surface area contributed by atoms with Gasteiger partial charge in [0.1, 0.15) is 19.2 Å². The van der Waals surface area contributed by atoms with Crippen molar-refractivity contribution in [2.75, 3.05) is 25.0 Å². The first-order chi connectivity index (χ1) is 19.1. The molecule has 216 valence electrons. The van der Waals surface area contributed by atoms with E-state index in [0.717, 1.165) is 17.5 Å². The van der Waals surface area contributed by atoms with Gasteiger partial charge in [-0.25, -0.2) is 4.79 Å². The maximum absolute atomic E-state index is 13.0. The highest BCUT2D eigenvalue weighted by molar-refractivity contribution is 5.97. The van der Waals surface area contributed by atoms with Crippen LogP contribution in [0.3, 0.4) is 0 Å². The summed E-state index contributed by atoms with van der Waals surface area (Å²) in [7, 11) is 0. The summed E-state index contributed by atoms with van der Waals surface area (Å²) in [6, 6.07) is 15.7. The van der Waals surface area contributed by atoms with Crippen molar-refractivity contribution in [2.24, 2.45) is 11.7 Å². The zero-order chi connectivity index (χ0) is 29.3. The van der Waals surface area contributed by atoms with Crippen LogP contribution >= 0.6 is 0 Å². The summed E-state index contributed by atoms with van der Waals surface area (Å²) in [5.74, 6) is -1.27. The molecule has 1 atom stereocenters. The fourth-order valence-corrected chi connectivity index (χ4v) is 3.64. The molecule has 0 spiro atoms. The van der Waals surface area contributed by atoms with Gasteiger partial charge in [-0.1, -0.05) is 56.3 Å². The largest absolute Gasteiger partial charge is 0.445 e. The Morgan fingerprint density at radius 2 is 1.55 bits per heavy atom. The zero-order valence-corrected chi connectivity index (χ0v) is 22.9.